The van der Waals surface area contributed by atoms with Crippen LogP contribution in [0.25, 0.3) is 0 Å². The first-order chi connectivity index (χ1) is 10.8. The number of hydrogen-bond donors (Lipinski definition) is 2. The van der Waals surface area contributed by atoms with Gasteiger partial charge in [-0.15, -0.1) is 0 Å². The normalized spacial score (nSPS) is 10.6. The second kappa shape index (κ2) is 6.64. The van der Waals surface area contributed by atoms with Gasteiger partial charge in [0.2, 0.25) is 0 Å². The molecule has 0 unspecified atom stereocenters. The number of carbonyl (C=O) groups is 1. The minimum absolute atomic E-state index is 0.119. The number of rotatable bonds is 5. The average Bonchev–Trinajstić information content (AvgIpc) is 2.41. The van der Waals surface area contributed by atoms with Gasteiger partial charge in [0, 0.05) is 11.3 Å². The Morgan fingerprint density at radius 2 is 1.83 bits per heavy atom. The Hall–Kier alpha value is -2.63. The summed E-state index contributed by atoms with van der Waals surface area (Å²) >= 11 is 0. The Morgan fingerprint density at radius 3 is 2.35 bits per heavy atom. The predicted octanol–water partition coefficient (Wildman–Crippen LogP) is 2.21. The fourth-order valence-corrected chi connectivity index (χ4v) is 2.63. The number of carboxylic acids is 1. The Kier molecular flexibility index (Phi) is 4.83. The lowest BCUT2D eigenvalue weighted by atomic mass is 10.1. The maximum Gasteiger partial charge on any atom is 0.308 e. The molecule has 1 aromatic heterocycles. The first kappa shape index (κ1) is 16.7. The van der Waals surface area contributed by atoms with Crippen LogP contribution in [0.3, 0.4) is 0 Å². The Labute approximate surface area is 134 Å². The largest absolute Gasteiger partial charge is 0.485 e. The van der Waals surface area contributed by atoms with Crippen LogP contribution in [0.4, 0.5) is 0 Å². The molecule has 0 aliphatic carbocycles. The minimum atomic E-state index is -1.06. The summed E-state index contributed by atoms with van der Waals surface area (Å²) in [7, 11) is 0. The summed E-state index contributed by atoms with van der Waals surface area (Å²) in [6.45, 7) is 7.69. The molecule has 0 aliphatic heterocycles. The molecule has 0 amide bonds. The van der Waals surface area contributed by atoms with Crippen molar-refractivity contribution in [1.29, 1.82) is 0 Å². The van der Waals surface area contributed by atoms with Crippen LogP contribution in [0.1, 0.15) is 33.8 Å². The molecule has 0 aliphatic rings. The second-order valence-corrected chi connectivity index (χ2v) is 5.66. The summed E-state index contributed by atoms with van der Waals surface area (Å²) in [6, 6.07) is 4.05. The fourth-order valence-electron chi connectivity index (χ4n) is 2.63. The number of nitrogens with one attached hydrogen (secondary N) is 1. The van der Waals surface area contributed by atoms with Gasteiger partial charge >= 0.3 is 5.97 Å². The molecule has 0 bridgehead atoms. The molecule has 0 spiro atoms. The van der Waals surface area contributed by atoms with Crippen LogP contribution in [0.15, 0.2) is 16.9 Å². The van der Waals surface area contributed by atoms with Gasteiger partial charge in [0.05, 0.1) is 6.42 Å². The van der Waals surface area contributed by atoms with Crippen molar-refractivity contribution >= 4 is 5.97 Å². The maximum absolute atomic E-state index is 12.0. The van der Waals surface area contributed by atoms with Gasteiger partial charge in [-0.05, 0) is 38.8 Å². The number of nitrogens with zero attached hydrogens (tertiary/aromatic N) is 1. The highest BCUT2D eigenvalue weighted by molar-refractivity contribution is 5.70. The van der Waals surface area contributed by atoms with Gasteiger partial charge in [-0.1, -0.05) is 17.7 Å². The van der Waals surface area contributed by atoms with Crippen molar-refractivity contribution in [2.75, 3.05) is 0 Å². The lowest BCUT2D eigenvalue weighted by Gasteiger charge is -2.13. The first-order valence-electron chi connectivity index (χ1n) is 7.29. The molecule has 0 saturated carbocycles. The van der Waals surface area contributed by atoms with E-state index in [1.807, 2.05) is 32.9 Å². The van der Waals surface area contributed by atoms with Crippen molar-refractivity contribution in [1.82, 2.24) is 9.97 Å². The summed E-state index contributed by atoms with van der Waals surface area (Å²) in [6.07, 6.45) is -0.342. The number of ether oxygens (including phenoxy) is 1. The number of H-pyrrole nitrogens is 1. The lowest BCUT2D eigenvalue weighted by molar-refractivity contribution is -0.136. The molecule has 6 heteroatoms. The highest BCUT2D eigenvalue weighted by Gasteiger charge is 2.13. The van der Waals surface area contributed by atoms with Crippen LogP contribution in [0.5, 0.6) is 5.75 Å². The molecule has 0 saturated heterocycles. The van der Waals surface area contributed by atoms with Gasteiger partial charge < -0.3 is 14.8 Å². The molecule has 122 valence electrons. The van der Waals surface area contributed by atoms with E-state index in [0.717, 1.165) is 22.4 Å². The summed E-state index contributed by atoms with van der Waals surface area (Å²) in [4.78, 5) is 29.6. The van der Waals surface area contributed by atoms with Crippen molar-refractivity contribution < 1.29 is 14.6 Å². The summed E-state index contributed by atoms with van der Waals surface area (Å²) in [5.74, 6) is 0.0850. The van der Waals surface area contributed by atoms with Gasteiger partial charge in [-0.3, -0.25) is 9.59 Å². The SMILES string of the molecule is Cc1cc(C)c(OCc2nc(C)c(CC(=O)O)c(=O)[nH]2)c(C)c1. The number of aliphatic carboxylic acids is 1. The van der Waals surface area contributed by atoms with E-state index in [2.05, 4.69) is 9.97 Å². The maximum atomic E-state index is 12.0. The van der Waals surface area contributed by atoms with Gasteiger partial charge in [-0.2, -0.15) is 0 Å². The molecule has 23 heavy (non-hydrogen) atoms. The van der Waals surface area contributed by atoms with E-state index in [1.165, 1.54) is 0 Å². The Morgan fingerprint density at radius 1 is 1.22 bits per heavy atom. The van der Waals surface area contributed by atoms with Gasteiger partial charge in [0.1, 0.15) is 18.2 Å². The van der Waals surface area contributed by atoms with E-state index >= 15 is 0 Å². The molecular weight excluding hydrogens is 296 g/mol. The monoisotopic (exact) mass is 316 g/mol. The average molecular weight is 316 g/mol. The van der Waals surface area contributed by atoms with Crippen LogP contribution in [0.2, 0.25) is 0 Å². The summed E-state index contributed by atoms with van der Waals surface area (Å²) in [5, 5.41) is 8.82. The second-order valence-electron chi connectivity index (χ2n) is 5.66. The van der Waals surface area contributed by atoms with E-state index < -0.39 is 11.5 Å². The Balaban J connectivity index is 2.22. The molecule has 2 N–H and O–H groups in total. The third-order valence-corrected chi connectivity index (χ3v) is 3.56. The third kappa shape index (κ3) is 3.97. The lowest BCUT2D eigenvalue weighted by Crippen LogP contribution is -2.22. The van der Waals surface area contributed by atoms with Crippen molar-refractivity contribution in [3.63, 3.8) is 0 Å². The quantitative estimate of drug-likeness (QED) is 0.882. The zero-order valence-corrected chi connectivity index (χ0v) is 13.7. The van der Waals surface area contributed by atoms with Crippen molar-refractivity contribution in [3.05, 3.63) is 56.3 Å². The first-order valence-corrected chi connectivity index (χ1v) is 7.29. The number of benzene rings is 1. The summed E-state index contributed by atoms with van der Waals surface area (Å²) in [5.41, 5.74) is 3.34. The molecule has 2 aromatic rings. The van der Waals surface area contributed by atoms with Crippen LogP contribution in [-0.4, -0.2) is 21.0 Å². The number of hydrogen-bond acceptors (Lipinski definition) is 4. The third-order valence-electron chi connectivity index (χ3n) is 3.56. The molecule has 0 atom stereocenters. The van der Waals surface area contributed by atoms with Crippen LogP contribution in [-0.2, 0) is 17.8 Å². The van der Waals surface area contributed by atoms with Gasteiger partial charge in [0.15, 0.2) is 0 Å². The minimum Gasteiger partial charge on any atom is -0.485 e. The van der Waals surface area contributed by atoms with Gasteiger partial charge in [-0.25, -0.2) is 4.98 Å². The standard InChI is InChI=1S/C17H20N2O4/c1-9-5-10(2)16(11(3)6-9)23-8-14-18-12(4)13(7-15(20)21)17(22)19-14/h5-6H,7-8H2,1-4H3,(H,20,21)(H,18,19,22). The van der Waals surface area contributed by atoms with E-state index in [9.17, 15) is 9.59 Å². The van der Waals surface area contributed by atoms with Crippen molar-refractivity contribution in [2.45, 2.75) is 40.7 Å². The zero-order chi connectivity index (χ0) is 17.1. The molecule has 0 fully saturated rings. The highest BCUT2D eigenvalue weighted by atomic mass is 16.5. The summed E-state index contributed by atoms with van der Waals surface area (Å²) < 4.78 is 5.79. The number of carboxylic acid groups (broad SMARTS) is 1. The fraction of sp³-hybridized carbons (Fsp3) is 0.353. The van der Waals surface area contributed by atoms with E-state index in [0.29, 0.717) is 11.5 Å². The molecule has 0 radical (unpaired) electrons. The molecule has 2 rings (SSSR count). The van der Waals surface area contributed by atoms with Crippen LogP contribution >= 0.6 is 0 Å². The van der Waals surface area contributed by atoms with Gasteiger partial charge in [0.25, 0.3) is 5.56 Å². The smallest absolute Gasteiger partial charge is 0.308 e. The topological polar surface area (TPSA) is 92.3 Å². The number of aromatic amines is 1. The van der Waals surface area contributed by atoms with E-state index in [4.69, 9.17) is 9.84 Å². The molecular formula is C17H20N2O4. The highest BCUT2D eigenvalue weighted by Crippen LogP contribution is 2.25. The van der Waals surface area contributed by atoms with Crippen LogP contribution in [0, 0.1) is 27.7 Å². The van der Waals surface area contributed by atoms with E-state index in [1.54, 1.807) is 6.92 Å². The molecule has 1 heterocycles. The number of aromatic nitrogens is 2. The van der Waals surface area contributed by atoms with Crippen molar-refractivity contribution in [3.8, 4) is 5.75 Å². The number of aryl methyl sites for hydroxylation is 4. The molecule has 6 nitrogen and oxygen atoms in total. The molecule has 1 aromatic carbocycles. The Bertz CT molecular complexity index is 786. The van der Waals surface area contributed by atoms with E-state index in [-0.39, 0.29) is 18.6 Å². The van der Waals surface area contributed by atoms with Crippen LogP contribution < -0.4 is 10.3 Å². The predicted molar refractivity (Wildman–Crippen MR) is 85.9 cm³/mol. The van der Waals surface area contributed by atoms with Crippen molar-refractivity contribution in [2.24, 2.45) is 0 Å². The zero-order valence-electron chi connectivity index (χ0n) is 13.7.